The van der Waals surface area contributed by atoms with E-state index in [4.69, 9.17) is 4.74 Å². The van der Waals surface area contributed by atoms with Crippen LogP contribution in [0.2, 0.25) is 0 Å². The molecular formula is C18H17IO2S. The first-order valence-electron chi connectivity index (χ1n) is 7.00. The van der Waals surface area contributed by atoms with Crippen molar-refractivity contribution < 1.29 is 9.53 Å². The minimum absolute atomic E-state index is 0.305. The van der Waals surface area contributed by atoms with E-state index < -0.39 is 0 Å². The van der Waals surface area contributed by atoms with Crippen molar-refractivity contribution in [1.82, 2.24) is 0 Å². The molecular weight excluding hydrogens is 407 g/mol. The zero-order chi connectivity index (χ0) is 15.8. The molecule has 2 rings (SSSR count). The third-order valence-electron chi connectivity index (χ3n) is 2.90. The van der Waals surface area contributed by atoms with E-state index in [0.29, 0.717) is 6.61 Å². The molecule has 0 heterocycles. The summed E-state index contributed by atoms with van der Waals surface area (Å²) in [5.41, 5.74) is 2.33. The molecule has 0 N–H and O–H groups in total. The molecule has 4 heteroatoms. The molecule has 0 spiro atoms. The van der Waals surface area contributed by atoms with Gasteiger partial charge in [-0.1, -0.05) is 30.3 Å². The van der Waals surface area contributed by atoms with Gasteiger partial charge in [0.2, 0.25) is 0 Å². The number of benzene rings is 2. The van der Waals surface area contributed by atoms with Crippen LogP contribution in [0, 0.1) is 3.57 Å². The molecule has 0 unspecified atom stereocenters. The Morgan fingerprint density at radius 3 is 2.73 bits per heavy atom. The fraction of sp³-hybridized carbons (Fsp3) is 0.167. The molecule has 22 heavy (non-hydrogen) atoms. The summed E-state index contributed by atoms with van der Waals surface area (Å²) in [5, 5.41) is 0. The zero-order valence-electron chi connectivity index (χ0n) is 12.3. The molecule has 0 fully saturated rings. The molecule has 0 radical (unpaired) electrons. The zero-order valence-corrected chi connectivity index (χ0v) is 15.3. The Labute approximate surface area is 149 Å². The van der Waals surface area contributed by atoms with E-state index in [1.54, 1.807) is 18.7 Å². The van der Waals surface area contributed by atoms with E-state index in [0.717, 1.165) is 14.9 Å². The quantitative estimate of drug-likeness (QED) is 0.277. The summed E-state index contributed by atoms with van der Waals surface area (Å²) in [6, 6.07) is 16.7. The van der Waals surface area contributed by atoms with Crippen molar-refractivity contribution in [1.29, 1.82) is 0 Å². The number of halogens is 1. The first-order chi connectivity index (χ1) is 10.7. The lowest BCUT2D eigenvalue weighted by Gasteiger charge is -2.05. The van der Waals surface area contributed by atoms with Gasteiger partial charge in [0.1, 0.15) is 0 Å². The number of rotatable bonds is 6. The normalized spacial score (nSPS) is 10.8. The topological polar surface area (TPSA) is 26.3 Å². The summed E-state index contributed by atoms with van der Waals surface area (Å²) in [4.78, 5) is 12.6. The second-order valence-electron chi connectivity index (χ2n) is 4.54. The number of carbonyl (C=O) groups excluding carboxylic acids is 1. The molecule has 0 saturated heterocycles. The first kappa shape index (κ1) is 17.1. The predicted octanol–water partition coefficient (Wildman–Crippen LogP) is 5.16. The van der Waals surface area contributed by atoms with Gasteiger partial charge in [-0.05, 0) is 64.9 Å². The van der Waals surface area contributed by atoms with E-state index in [-0.39, 0.29) is 5.97 Å². The molecule has 0 atom stereocenters. The Balaban J connectivity index is 2.04. The van der Waals surface area contributed by atoms with Crippen molar-refractivity contribution in [3.05, 3.63) is 69.3 Å². The Hall–Kier alpha value is -1.27. The molecule has 0 aromatic heterocycles. The van der Waals surface area contributed by atoms with Crippen molar-refractivity contribution in [3.8, 4) is 0 Å². The van der Waals surface area contributed by atoms with Crippen molar-refractivity contribution in [3.63, 3.8) is 0 Å². The number of esters is 1. The Kier molecular flexibility index (Phi) is 6.99. The molecule has 0 saturated carbocycles. The van der Waals surface area contributed by atoms with E-state index in [1.165, 1.54) is 16.5 Å². The van der Waals surface area contributed by atoms with E-state index >= 15 is 0 Å². The maximum atomic E-state index is 11.4. The van der Waals surface area contributed by atoms with E-state index in [9.17, 15) is 4.79 Å². The van der Waals surface area contributed by atoms with Crippen LogP contribution >= 0.6 is 34.4 Å². The van der Waals surface area contributed by atoms with Crippen LogP contribution in [0.4, 0.5) is 0 Å². The lowest BCUT2D eigenvalue weighted by molar-refractivity contribution is -0.137. The van der Waals surface area contributed by atoms with Gasteiger partial charge in [0.05, 0.1) is 6.61 Å². The SMILES string of the molecule is CCOC(=O)/C=C/c1cc(SCc2ccccc2)ccc1I. The minimum Gasteiger partial charge on any atom is -0.463 e. The standard InChI is InChI=1S/C18H17IO2S/c1-2-21-18(20)11-8-15-12-16(9-10-17(15)19)22-13-14-6-4-3-5-7-14/h3-12H,2,13H2,1H3/b11-8+. The molecule has 0 bridgehead atoms. The van der Waals surface area contributed by atoms with E-state index in [2.05, 4.69) is 65.1 Å². The Bertz CT molecular complexity index is 653. The second-order valence-corrected chi connectivity index (χ2v) is 6.75. The van der Waals surface area contributed by atoms with Crippen molar-refractivity contribution in [2.75, 3.05) is 6.61 Å². The highest BCUT2D eigenvalue weighted by Crippen LogP contribution is 2.26. The largest absolute Gasteiger partial charge is 0.463 e. The van der Waals surface area contributed by atoms with Crippen LogP contribution in [0.15, 0.2) is 59.5 Å². The molecule has 0 aliphatic rings. The van der Waals surface area contributed by atoms with Crippen LogP contribution in [0.25, 0.3) is 6.08 Å². The van der Waals surface area contributed by atoms with Gasteiger partial charge in [-0.3, -0.25) is 0 Å². The highest BCUT2D eigenvalue weighted by molar-refractivity contribution is 14.1. The highest BCUT2D eigenvalue weighted by atomic mass is 127. The third-order valence-corrected chi connectivity index (χ3v) is 4.95. The summed E-state index contributed by atoms with van der Waals surface area (Å²) in [5.74, 6) is 0.628. The lowest BCUT2D eigenvalue weighted by Crippen LogP contribution is -1.98. The molecule has 0 amide bonds. The van der Waals surface area contributed by atoms with Gasteiger partial charge in [-0.25, -0.2) is 4.79 Å². The summed E-state index contributed by atoms with van der Waals surface area (Å²) in [6.07, 6.45) is 3.29. The number of hydrogen-bond donors (Lipinski definition) is 0. The van der Waals surface area contributed by atoms with Gasteiger partial charge in [0.25, 0.3) is 0 Å². The smallest absolute Gasteiger partial charge is 0.330 e. The average molecular weight is 424 g/mol. The van der Waals surface area contributed by atoms with Gasteiger partial charge in [0, 0.05) is 20.3 Å². The fourth-order valence-electron chi connectivity index (χ4n) is 1.83. The van der Waals surface area contributed by atoms with Gasteiger partial charge in [-0.2, -0.15) is 0 Å². The number of carbonyl (C=O) groups is 1. The fourth-order valence-corrected chi connectivity index (χ4v) is 3.24. The van der Waals surface area contributed by atoms with Crippen LogP contribution < -0.4 is 0 Å². The average Bonchev–Trinajstić information content (AvgIpc) is 2.54. The van der Waals surface area contributed by atoms with Crippen molar-refractivity contribution >= 4 is 46.4 Å². The number of ether oxygens (including phenoxy) is 1. The molecule has 2 aromatic rings. The number of thioether (sulfide) groups is 1. The Morgan fingerprint density at radius 1 is 1.23 bits per heavy atom. The van der Waals surface area contributed by atoms with Crippen LogP contribution in [0.1, 0.15) is 18.1 Å². The highest BCUT2D eigenvalue weighted by Gasteiger charge is 2.02. The molecule has 0 aliphatic heterocycles. The second kappa shape index (κ2) is 9.00. The van der Waals surface area contributed by atoms with Gasteiger partial charge < -0.3 is 4.74 Å². The summed E-state index contributed by atoms with van der Waals surface area (Å²) < 4.78 is 6.02. The monoisotopic (exact) mass is 424 g/mol. The molecule has 2 aromatic carbocycles. The van der Waals surface area contributed by atoms with Gasteiger partial charge in [-0.15, -0.1) is 11.8 Å². The van der Waals surface area contributed by atoms with Crippen molar-refractivity contribution in [2.45, 2.75) is 17.6 Å². The number of hydrogen-bond acceptors (Lipinski definition) is 3. The summed E-state index contributed by atoms with van der Waals surface area (Å²) >= 11 is 4.06. The Morgan fingerprint density at radius 2 is 2.00 bits per heavy atom. The molecule has 114 valence electrons. The van der Waals surface area contributed by atoms with E-state index in [1.807, 2.05) is 12.1 Å². The van der Waals surface area contributed by atoms with Crippen LogP contribution in [0.3, 0.4) is 0 Å². The van der Waals surface area contributed by atoms with Crippen molar-refractivity contribution in [2.24, 2.45) is 0 Å². The van der Waals surface area contributed by atoms with Crippen LogP contribution in [-0.2, 0) is 15.3 Å². The first-order valence-corrected chi connectivity index (χ1v) is 9.06. The molecule has 2 nitrogen and oxygen atoms in total. The van der Waals surface area contributed by atoms with Crippen LogP contribution in [-0.4, -0.2) is 12.6 Å². The maximum Gasteiger partial charge on any atom is 0.330 e. The third kappa shape index (κ3) is 5.50. The summed E-state index contributed by atoms with van der Waals surface area (Å²) in [7, 11) is 0. The summed E-state index contributed by atoms with van der Waals surface area (Å²) in [6.45, 7) is 2.20. The maximum absolute atomic E-state index is 11.4. The molecule has 0 aliphatic carbocycles. The van der Waals surface area contributed by atoms with Crippen LogP contribution in [0.5, 0.6) is 0 Å². The van der Waals surface area contributed by atoms with Gasteiger partial charge >= 0.3 is 5.97 Å². The lowest BCUT2D eigenvalue weighted by atomic mass is 10.2. The predicted molar refractivity (Wildman–Crippen MR) is 101 cm³/mol. The van der Waals surface area contributed by atoms with Gasteiger partial charge in [0.15, 0.2) is 0 Å². The minimum atomic E-state index is -0.305.